The van der Waals surface area contributed by atoms with Gasteiger partial charge < -0.3 is 14.9 Å². The van der Waals surface area contributed by atoms with Crippen molar-refractivity contribution in [3.63, 3.8) is 0 Å². The average molecular weight is 373 g/mol. The number of carbonyl (C=O) groups excluding carboxylic acids is 1. The summed E-state index contributed by atoms with van der Waals surface area (Å²) in [6, 6.07) is 0. The van der Waals surface area contributed by atoms with Gasteiger partial charge in [-0.15, -0.1) is 0 Å². The number of aryl methyl sites for hydroxylation is 2. The van der Waals surface area contributed by atoms with Crippen LogP contribution in [0.4, 0.5) is 0 Å². The second-order valence-corrected chi connectivity index (χ2v) is 7.92. The highest BCUT2D eigenvalue weighted by Crippen LogP contribution is 2.32. The molecule has 0 aromatic carbocycles. The van der Waals surface area contributed by atoms with Gasteiger partial charge in [0.1, 0.15) is 16.1 Å². The van der Waals surface area contributed by atoms with E-state index in [1.165, 1.54) is 13.8 Å². The highest BCUT2D eigenvalue weighted by molar-refractivity contribution is 7.89. The lowest BCUT2D eigenvalue weighted by Crippen LogP contribution is -2.57. The molecule has 1 aliphatic rings. The number of nitrogens with one attached hydrogen (secondary N) is 2. The summed E-state index contributed by atoms with van der Waals surface area (Å²) in [6.07, 6.45) is 2.46. The summed E-state index contributed by atoms with van der Waals surface area (Å²) in [7, 11) is -3.97. The van der Waals surface area contributed by atoms with E-state index in [4.69, 9.17) is 9.63 Å². The molecule has 10 heteroatoms. The minimum Gasteiger partial charge on any atom is -0.481 e. The van der Waals surface area contributed by atoms with Crippen molar-refractivity contribution in [2.75, 3.05) is 6.54 Å². The summed E-state index contributed by atoms with van der Waals surface area (Å²) >= 11 is 0. The number of aromatic nitrogens is 1. The molecule has 0 aliphatic heterocycles. The third-order valence-corrected chi connectivity index (χ3v) is 6.09. The fourth-order valence-electron chi connectivity index (χ4n) is 3.13. The molecule has 2 rings (SSSR count). The minimum atomic E-state index is -3.97. The molecular weight excluding hydrogens is 350 g/mol. The van der Waals surface area contributed by atoms with E-state index in [1.54, 1.807) is 0 Å². The Balaban J connectivity index is 2.14. The number of hydrogen-bond acceptors (Lipinski definition) is 6. The zero-order valence-electron chi connectivity index (χ0n) is 14.3. The first-order chi connectivity index (χ1) is 11.7. The van der Waals surface area contributed by atoms with Crippen molar-refractivity contribution >= 4 is 21.9 Å². The molecule has 0 unspecified atom stereocenters. The van der Waals surface area contributed by atoms with Gasteiger partial charge in [-0.3, -0.25) is 9.59 Å². The van der Waals surface area contributed by atoms with Gasteiger partial charge in [0.25, 0.3) is 0 Å². The fraction of sp³-hybridized carbons (Fsp3) is 0.667. The molecule has 0 saturated heterocycles. The predicted octanol–water partition coefficient (Wildman–Crippen LogP) is 0.864. The van der Waals surface area contributed by atoms with Crippen LogP contribution in [0.5, 0.6) is 0 Å². The zero-order chi connectivity index (χ0) is 18.7. The van der Waals surface area contributed by atoms with E-state index in [0.717, 1.165) is 12.8 Å². The smallest absolute Gasteiger partial charge is 0.303 e. The van der Waals surface area contributed by atoms with Crippen LogP contribution < -0.4 is 10.0 Å². The number of rotatable bonds is 8. The van der Waals surface area contributed by atoms with Crippen LogP contribution in [0.1, 0.15) is 50.0 Å². The van der Waals surface area contributed by atoms with E-state index < -0.39 is 27.4 Å². The number of sulfonamides is 1. The normalized spacial score (nSPS) is 16.7. The third kappa shape index (κ3) is 4.37. The molecule has 0 atom stereocenters. The highest BCUT2D eigenvalue weighted by Gasteiger charge is 2.45. The van der Waals surface area contributed by atoms with Crippen molar-refractivity contribution in [3.8, 4) is 0 Å². The maximum atomic E-state index is 12.8. The van der Waals surface area contributed by atoms with Gasteiger partial charge in [-0.05, 0) is 33.1 Å². The number of nitrogens with zero attached hydrogens (tertiary/aromatic N) is 1. The number of carbonyl (C=O) groups is 2. The van der Waals surface area contributed by atoms with Crippen LogP contribution in [0.25, 0.3) is 0 Å². The predicted molar refractivity (Wildman–Crippen MR) is 87.4 cm³/mol. The zero-order valence-corrected chi connectivity index (χ0v) is 15.1. The number of amides is 1. The van der Waals surface area contributed by atoms with E-state index in [-0.39, 0.29) is 35.7 Å². The van der Waals surface area contributed by atoms with Gasteiger partial charge >= 0.3 is 5.97 Å². The number of carboxylic acid groups (broad SMARTS) is 1. The van der Waals surface area contributed by atoms with Crippen molar-refractivity contribution < 1.29 is 27.6 Å². The first kappa shape index (κ1) is 19.4. The van der Waals surface area contributed by atoms with Gasteiger partial charge in [0, 0.05) is 13.0 Å². The molecule has 9 nitrogen and oxygen atoms in total. The van der Waals surface area contributed by atoms with Crippen LogP contribution in [-0.4, -0.2) is 42.6 Å². The summed E-state index contributed by atoms with van der Waals surface area (Å²) in [5.41, 5.74) is -0.988. The molecular formula is C15H23N3O6S. The lowest BCUT2D eigenvalue weighted by Gasteiger charge is -2.28. The Morgan fingerprint density at radius 3 is 2.44 bits per heavy atom. The van der Waals surface area contributed by atoms with Gasteiger partial charge in [-0.2, -0.15) is 4.72 Å². The Morgan fingerprint density at radius 1 is 1.28 bits per heavy atom. The van der Waals surface area contributed by atoms with Crippen LogP contribution >= 0.6 is 0 Å². The molecule has 0 bridgehead atoms. The second-order valence-electron chi connectivity index (χ2n) is 6.30. The molecule has 1 amide bonds. The summed E-state index contributed by atoms with van der Waals surface area (Å²) in [5, 5.41) is 14.9. The van der Waals surface area contributed by atoms with Crippen molar-refractivity contribution in [3.05, 3.63) is 11.5 Å². The van der Waals surface area contributed by atoms with Crippen molar-refractivity contribution in [1.29, 1.82) is 0 Å². The monoisotopic (exact) mass is 373 g/mol. The largest absolute Gasteiger partial charge is 0.481 e. The lowest BCUT2D eigenvalue weighted by atomic mass is 9.98. The summed E-state index contributed by atoms with van der Waals surface area (Å²) in [5.74, 6) is -1.20. The Morgan fingerprint density at radius 2 is 1.92 bits per heavy atom. The van der Waals surface area contributed by atoms with Crippen molar-refractivity contribution in [2.45, 2.75) is 62.8 Å². The van der Waals surface area contributed by atoms with E-state index in [0.29, 0.717) is 12.8 Å². The summed E-state index contributed by atoms with van der Waals surface area (Å²) in [4.78, 5) is 23.1. The van der Waals surface area contributed by atoms with Gasteiger partial charge in [0.2, 0.25) is 15.9 Å². The molecule has 0 radical (unpaired) electrons. The van der Waals surface area contributed by atoms with Crippen molar-refractivity contribution in [1.82, 2.24) is 15.2 Å². The number of aliphatic carboxylic acids is 1. The molecule has 1 saturated carbocycles. The fourth-order valence-corrected chi connectivity index (χ4v) is 4.89. The quantitative estimate of drug-likeness (QED) is 0.574. The SMILES string of the molecule is Cc1noc(C)c1S(=O)(=O)NC1(C(=O)NCCCC(=O)O)CCCC1. The molecule has 1 aromatic heterocycles. The maximum Gasteiger partial charge on any atom is 0.303 e. The molecule has 1 heterocycles. The molecule has 3 N–H and O–H groups in total. The third-order valence-electron chi connectivity index (χ3n) is 4.31. The standard InChI is InChI=1S/C15H23N3O6S/c1-10-13(11(2)24-17-10)25(22,23)18-15(7-3-4-8-15)14(21)16-9-5-6-12(19)20/h18H,3-9H2,1-2H3,(H,16,21)(H,19,20). The molecule has 140 valence electrons. The first-order valence-corrected chi connectivity index (χ1v) is 9.63. The van der Waals surface area contributed by atoms with Crippen LogP contribution in [0.3, 0.4) is 0 Å². The van der Waals surface area contributed by atoms with E-state index >= 15 is 0 Å². The molecule has 1 fully saturated rings. The van der Waals surface area contributed by atoms with Crippen LogP contribution in [0, 0.1) is 13.8 Å². The molecule has 1 aliphatic carbocycles. The number of carboxylic acids is 1. The first-order valence-electron chi connectivity index (χ1n) is 8.15. The van der Waals surface area contributed by atoms with Crippen LogP contribution in [0.2, 0.25) is 0 Å². The topological polar surface area (TPSA) is 139 Å². The summed E-state index contributed by atoms with van der Waals surface area (Å²) in [6.45, 7) is 3.21. The highest BCUT2D eigenvalue weighted by atomic mass is 32.2. The van der Waals surface area contributed by atoms with E-state index in [2.05, 4.69) is 15.2 Å². The van der Waals surface area contributed by atoms with Gasteiger partial charge in [-0.1, -0.05) is 18.0 Å². The molecule has 0 spiro atoms. The van der Waals surface area contributed by atoms with Gasteiger partial charge in [-0.25, -0.2) is 8.42 Å². The minimum absolute atomic E-state index is 0.0440. The Labute approximate surface area is 146 Å². The van der Waals surface area contributed by atoms with Gasteiger partial charge in [0.05, 0.1) is 0 Å². The van der Waals surface area contributed by atoms with Crippen LogP contribution in [-0.2, 0) is 19.6 Å². The second kappa shape index (κ2) is 7.52. The Bertz CT molecular complexity index is 730. The maximum absolute atomic E-state index is 12.8. The van der Waals surface area contributed by atoms with E-state index in [1.807, 2.05) is 0 Å². The van der Waals surface area contributed by atoms with Crippen molar-refractivity contribution in [2.24, 2.45) is 0 Å². The molecule has 1 aromatic rings. The van der Waals surface area contributed by atoms with Gasteiger partial charge in [0.15, 0.2) is 5.76 Å². The average Bonchev–Trinajstić information content (AvgIpc) is 3.10. The van der Waals surface area contributed by atoms with Crippen LogP contribution in [0.15, 0.2) is 9.42 Å². The number of hydrogen-bond donors (Lipinski definition) is 3. The summed E-state index contributed by atoms with van der Waals surface area (Å²) < 4.78 is 33.0. The molecule has 25 heavy (non-hydrogen) atoms. The lowest BCUT2D eigenvalue weighted by molar-refractivity contribution is -0.137. The van der Waals surface area contributed by atoms with E-state index in [9.17, 15) is 18.0 Å². The Hall–Kier alpha value is -1.94. The Kier molecular flexibility index (Phi) is 5.83.